The van der Waals surface area contributed by atoms with Gasteiger partial charge in [0.15, 0.2) is 0 Å². The lowest BCUT2D eigenvalue weighted by atomic mass is 10.0. The molecule has 100 valence electrons. The molecule has 1 N–H and O–H groups in total. The van der Waals surface area contributed by atoms with Gasteiger partial charge in [0.05, 0.1) is 12.0 Å². The Bertz CT molecular complexity index is 546. The fourth-order valence-corrected chi connectivity index (χ4v) is 2.68. The molecule has 0 atom stereocenters. The third kappa shape index (κ3) is 3.64. The second-order valence-corrected chi connectivity index (χ2v) is 5.90. The Kier molecular flexibility index (Phi) is 4.00. The van der Waals surface area contributed by atoms with Crippen LogP contribution in [0.15, 0.2) is 41.8 Å². The Morgan fingerprint density at radius 2 is 1.95 bits per heavy atom. The van der Waals surface area contributed by atoms with E-state index in [1.54, 1.807) is 23.5 Å². The van der Waals surface area contributed by atoms with E-state index in [0.29, 0.717) is 0 Å². The molecule has 2 nitrogen and oxygen atoms in total. The summed E-state index contributed by atoms with van der Waals surface area (Å²) in [5, 5.41) is 4.99. The lowest BCUT2D eigenvalue weighted by Crippen LogP contribution is -2.41. The van der Waals surface area contributed by atoms with Gasteiger partial charge in [-0.1, -0.05) is 18.2 Å². The Morgan fingerprint density at radius 1 is 1.26 bits per heavy atom. The zero-order valence-corrected chi connectivity index (χ0v) is 11.8. The van der Waals surface area contributed by atoms with Crippen LogP contribution < -0.4 is 5.32 Å². The van der Waals surface area contributed by atoms with Crippen molar-refractivity contribution in [3.05, 3.63) is 58.0 Å². The molecule has 0 bridgehead atoms. The molecule has 0 aliphatic carbocycles. The van der Waals surface area contributed by atoms with Crippen LogP contribution in [0.2, 0.25) is 0 Å². The smallest absolute Gasteiger partial charge is 0.225 e. The van der Waals surface area contributed by atoms with Gasteiger partial charge in [-0.25, -0.2) is 4.39 Å². The van der Waals surface area contributed by atoms with Crippen molar-refractivity contribution in [1.29, 1.82) is 0 Å². The van der Waals surface area contributed by atoms with E-state index in [4.69, 9.17) is 0 Å². The number of halogens is 1. The molecule has 2 aromatic rings. The maximum absolute atomic E-state index is 12.8. The Labute approximate surface area is 116 Å². The monoisotopic (exact) mass is 277 g/mol. The van der Waals surface area contributed by atoms with Crippen molar-refractivity contribution >= 4 is 17.2 Å². The van der Waals surface area contributed by atoms with Crippen LogP contribution >= 0.6 is 11.3 Å². The van der Waals surface area contributed by atoms with Crippen LogP contribution in [0.5, 0.6) is 0 Å². The van der Waals surface area contributed by atoms with Gasteiger partial charge in [-0.2, -0.15) is 0 Å². The van der Waals surface area contributed by atoms with Gasteiger partial charge in [0, 0.05) is 4.88 Å². The van der Waals surface area contributed by atoms with Crippen molar-refractivity contribution in [3.8, 4) is 0 Å². The standard InChI is InChI=1S/C15H16FNOS/c1-15(2,13-4-3-9-19-13)17-14(18)10-11-5-7-12(16)8-6-11/h3-9H,10H2,1-2H3,(H,17,18). The predicted octanol–water partition coefficient (Wildman–Crippen LogP) is 3.48. The fourth-order valence-electron chi connectivity index (χ4n) is 1.88. The van der Waals surface area contributed by atoms with Gasteiger partial charge in [0.2, 0.25) is 5.91 Å². The fraction of sp³-hybridized carbons (Fsp3) is 0.267. The maximum atomic E-state index is 12.8. The zero-order chi connectivity index (χ0) is 13.9. The van der Waals surface area contributed by atoms with Crippen molar-refractivity contribution in [3.63, 3.8) is 0 Å². The van der Waals surface area contributed by atoms with Crippen molar-refractivity contribution in [2.24, 2.45) is 0 Å². The summed E-state index contributed by atoms with van der Waals surface area (Å²) in [6.45, 7) is 3.95. The number of hydrogen-bond donors (Lipinski definition) is 1. The maximum Gasteiger partial charge on any atom is 0.225 e. The van der Waals surface area contributed by atoms with E-state index in [9.17, 15) is 9.18 Å². The molecule has 1 amide bonds. The molecule has 2 rings (SSSR count). The summed E-state index contributed by atoms with van der Waals surface area (Å²) in [7, 11) is 0. The van der Waals surface area contributed by atoms with Crippen LogP contribution in [0.4, 0.5) is 4.39 Å². The molecular weight excluding hydrogens is 261 g/mol. The van der Waals surface area contributed by atoms with Crippen molar-refractivity contribution < 1.29 is 9.18 Å². The number of thiophene rings is 1. The highest BCUT2D eigenvalue weighted by Crippen LogP contribution is 2.24. The molecule has 0 spiro atoms. The number of carbonyl (C=O) groups is 1. The first-order valence-corrected chi connectivity index (χ1v) is 6.95. The molecule has 0 fully saturated rings. The van der Waals surface area contributed by atoms with E-state index >= 15 is 0 Å². The summed E-state index contributed by atoms with van der Waals surface area (Å²) in [4.78, 5) is 13.1. The summed E-state index contributed by atoms with van der Waals surface area (Å²) in [6, 6.07) is 9.97. The highest BCUT2D eigenvalue weighted by Gasteiger charge is 2.23. The molecule has 0 saturated carbocycles. The van der Waals surface area contributed by atoms with Crippen LogP contribution in [0.25, 0.3) is 0 Å². The molecule has 0 aliphatic heterocycles. The van der Waals surface area contributed by atoms with Crippen LogP contribution in [0.3, 0.4) is 0 Å². The lowest BCUT2D eigenvalue weighted by Gasteiger charge is -2.25. The summed E-state index contributed by atoms with van der Waals surface area (Å²) in [5.41, 5.74) is 0.423. The van der Waals surface area contributed by atoms with Gasteiger partial charge in [-0.3, -0.25) is 4.79 Å². The van der Waals surface area contributed by atoms with Gasteiger partial charge >= 0.3 is 0 Å². The van der Waals surface area contributed by atoms with E-state index in [2.05, 4.69) is 5.32 Å². The van der Waals surface area contributed by atoms with Gasteiger partial charge in [-0.15, -0.1) is 11.3 Å². The lowest BCUT2D eigenvalue weighted by molar-refractivity contribution is -0.122. The normalized spacial score (nSPS) is 11.3. The van der Waals surface area contributed by atoms with Gasteiger partial charge in [-0.05, 0) is 43.0 Å². The van der Waals surface area contributed by atoms with E-state index < -0.39 is 0 Å². The molecule has 1 heterocycles. The number of carbonyl (C=O) groups excluding carboxylic acids is 1. The molecule has 1 aromatic carbocycles. The second-order valence-electron chi connectivity index (χ2n) is 4.95. The van der Waals surface area contributed by atoms with E-state index in [1.807, 2.05) is 31.4 Å². The molecule has 0 saturated heterocycles. The molecule has 19 heavy (non-hydrogen) atoms. The van der Waals surface area contributed by atoms with E-state index in [1.165, 1.54) is 12.1 Å². The largest absolute Gasteiger partial charge is 0.346 e. The van der Waals surface area contributed by atoms with E-state index in [0.717, 1.165) is 10.4 Å². The third-order valence-electron chi connectivity index (χ3n) is 2.87. The average Bonchev–Trinajstić information content (AvgIpc) is 2.85. The Morgan fingerprint density at radius 3 is 2.53 bits per heavy atom. The predicted molar refractivity (Wildman–Crippen MR) is 75.6 cm³/mol. The van der Waals surface area contributed by atoms with Gasteiger partial charge < -0.3 is 5.32 Å². The molecule has 0 aliphatic rings. The minimum absolute atomic E-state index is 0.0648. The quantitative estimate of drug-likeness (QED) is 0.910. The average molecular weight is 277 g/mol. The number of amides is 1. The van der Waals surface area contributed by atoms with Crippen molar-refractivity contribution in [2.45, 2.75) is 25.8 Å². The van der Waals surface area contributed by atoms with Crippen LogP contribution in [0, 0.1) is 5.82 Å². The number of hydrogen-bond acceptors (Lipinski definition) is 2. The number of rotatable bonds is 4. The van der Waals surface area contributed by atoms with Gasteiger partial charge in [0.25, 0.3) is 0 Å². The van der Waals surface area contributed by atoms with Crippen LogP contribution in [0.1, 0.15) is 24.3 Å². The highest BCUT2D eigenvalue weighted by atomic mass is 32.1. The highest BCUT2D eigenvalue weighted by molar-refractivity contribution is 7.10. The second kappa shape index (κ2) is 5.53. The Hall–Kier alpha value is -1.68. The molecule has 0 radical (unpaired) electrons. The zero-order valence-electron chi connectivity index (χ0n) is 10.9. The summed E-state index contributed by atoms with van der Waals surface area (Å²) < 4.78 is 12.8. The SMILES string of the molecule is CC(C)(NC(=O)Cc1ccc(F)cc1)c1cccs1. The Balaban J connectivity index is 2.00. The summed E-state index contributed by atoms with van der Waals surface area (Å²) in [5.74, 6) is -0.354. The van der Waals surface area contributed by atoms with Gasteiger partial charge in [0.1, 0.15) is 5.82 Å². The first kappa shape index (κ1) is 13.7. The first-order valence-electron chi connectivity index (χ1n) is 6.07. The topological polar surface area (TPSA) is 29.1 Å². The van der Waals surface area contributed by atoms with Crippen LogP contribution in [-0.4, -0.2) is 5.91 Å². The third-order valence-corrected chi connectivity index (χ3v) is 4.06. The number of nitrogens with one attached hydrogen (secondary N) is 1. The summed E-state index contributed by atoms with van der Waals surface area (Å²) >= 11 is 1.62. The minimum Gasteiger partial charge on any atom is -0.346 e. The molecular formula is C15H16FNOS. The van der Waals surface area contributed by atoms with Crippen molar-refractivity contribution in [1.82, 2.24) is 5.32 Å². The van der Waals surface area contributed by atoms with Crippen molar-refractivity contribution in [2.75, 3.05) is 0 Å². The summed E-state index contributed by atoms with van der Waals surface area (Å²) in [6.07, 6.45) is 0.259. The molecule has 0 unspecified atom stereocenters. The van der Waals surface area contributed by atoms with E-state index in [-0.39, 0.29) is 23.7 Å². The molecule has 1 aromatic heterocycles. The van der Waals surface area contributed by atoms with Crippen LogP contribution in [-0.2, 0) is 16.8 Å². The first-order chi connectivity index (χ1) is 8.97. The molecule has 4 heteroatoms. The number of benzene rings is 1. The minimum atomic E-state index is -0.384.